The molecule has 2 N–H and O–H groups in total. The molecule has 0 spiro atoms. The van der Waals surface area contributed by atoms with Gasteiger partial charge in [-0.3, -0.25) is 9.59 Å². The molecule has 4 nitrogen and oxygen atoms in total. The van der Waals surface area contributed by atoms with Crippen molar-refractivity contribution in [3.05, 3.63) is 0 Å². The molecule has 4 heteroatoms. The highest BCUT2D eigenvalue weighted by atomic mass is 16.2. The fourth-order valence-corrected chi connectivity index (χ4v) is 4.07. The Morgan fingerprint density at radius 3 is 1.00 bits per heavy atom. The summed E-state index contributed by atoms with van der Waals surface area (Å²) >= 11 is 0. The third-order valence-electron chi connectivity index (χ3n) is 6.26. The maximum atomic E-state index is 11.9. The molecule has 0 saturated heterocycles. The molecule has 0 rings (SSSR count). The van der Waals surface area contributed by atoms with Gasteiger partial charge in [0.2, 0.25) is 11.8 Å². The summed E-state index contributed by atoms with van der Waals surface area (Å²) in [5.41, 5.74) is 0. The third kappa shape index (κ3) is 25.2. The first-order valence-electron chi connectivity index (χ1n) is 14.2. The molecule has 2 amide bonds. The molecule has 0 aromatic carbocycles. The summed E-state index contributed by atoms with van der Waals surface area (Å²) in [7, 11) is 0. The highest BCUT2D eigenvalue weighted by molar-refractivity contribution is 5.77. The molecular formula is C28H56N2O2. The molecular weight excluding hydrogens is 396 g/mol. The molecule has 0 aliphatic rings. The number of hydrogen-bond acceptors (Lipinski definition) is 2. The number of rotatable bonds is 25. The van der Waals surface area contributed by atoms with Gasteiger partial charge in [-0.15, -0.1) is 0 Å². The van der Waals surface area contributed by atoms with Gasteiger partial charge in [-0.2, -0.15) is 0 Å². The summed E-state index contributed by atoms with van der Waals surface area (Å²) in [4.78, 5) is 23.8. The maximum Gasteiger partial charge on any atom is 0.219 e. The van der Waals surface area contributed by atoms with Gasteiger partial charge in [0.15, 0.2) is 0 Å². The van der Waals surface area contributed by atoms with Crippen LogP contribution in [0.2, 0.25) is 0 Å². The molecule has 0 saturated carbocycles. The van der Waals surface area contributed by atoms with Crippen molar-refractivity contribution in [2.24, 2.45) is 0 Å². The fraction of sp³-hybridized carbons (Fsp3) is 0.929. The lowest BCUT2D eigenvalue weighted by atomic mass is 10.1. The Morgan fingerprint density at radius 1 is 0.406 bits per heavy atom. The van der Waals surface area contributed by atoms with Crippen molar-refractivity contribution in [1.29, 1.82) is 0 Å². The minimum atomic E-state index is 0.139. The predicted molar refractivity (Wildman–Crippen MR) is 139 cm³/mol. The Morgan fingerprint density at radius 2 is 0.688 bits per heavy atom. The fourth-order valence-electron chi connectivity index (χ4n) is 4.07. The van der Waals surface area contributed by atoms with Gasteiger partial charge in [0.25, 0.3) is 0 Å². The van der Waals surface area contributed by atoms with Gasteiger partial charge in [-0.05, 0) is 25.7 Å². The molecule has 0 atom stereocenters. The van der Waals surface area contributed by atoms with Gasteiger partial charge in [-0.1, -0.05) is 117 Å². The van der Waals surface area contributed by atoms with Crippen molar-refractivity contribution >= 4 is 11.8 Å². The second-order valence-corrected chi connectivity index (χ2v) is 9.56. The van der Waals surface area contributed by atoms with Crippen LogP contribution >= 0.6 is 0 Å². The number of hydrogen-bond donors (Lipinski definition) is 2. The number of nitrogens with one attached hydrogen (secondary N) is 2. The van der Waals surface area contributed by atoms with E-state index in [4.69, 9.17) is 0 Å². The van der Waals surface area contributed by atoms with E-state index in [1.807, 2.05) is 0 Å². The van der Waals surface area contributed by atoms with E-state index < -0.39 is 0 Å². The summed E-state index contributed by atoms with van der Waals surface area (Å²) < 4.78 is 0. The summed E-state index contributed by atoms with van der Waals surface area (Å²) in [6, 6.07) is 0. The van der Waals surface area contributed by atoms with Crippen LogP contribution in [0.15, 0.2) is 0 Å². The minimum absolute atomic E-state index is 0.139. The average molecular weight is 453 g/mol. The topological polar surface area (TPSA) is 58.2 Å². The van der Waals surface area contributed by atoms with E-state index in [-0.39, 0.29) is 11.8 Å². The zero-order valence-corrected chi connectivity index (χ0v) is 21.8. The van der Waals surface area contributed by atoms with E-state index in [0.29, 0.717) is 12.8 Å². The third-order valence-corrected chi connectivity index (χ3v) is 6.26. The van der Waals surface area contributed by atoms with Crippen molar-refractivity contribution in [1.82, 2.24) is 10.6 Å². The van der Waals surface area contributed by atoms with Crippen LogP contribution < -0.4 is 10.6 Å². The Hall–Kier alpha value is -1.06. The Labute approximate surface area is 200 Å². The molecule has 0 radical (unpaired) electrons. The quantitative estimate of drug-likeness (QED) is 0.139. The number of unbranched alkanes of at least 4 members (excludes halogenated alkanes) is 17. The molecule has 0 fully saturated rings. The smallest absolute Gasteiger partial charge is 0.219 e. The van der Waals surface area contributed by atoms with Crippen molar-refractivity contribution < 1.29 is 9.59 Å². The van der Waals surface area contributed by atoms with Gasteiger partial charge >= 0.3 is 0 Å². The lowest BCUT2D eigenvalue weighted by Gasteiger charge is -2.07. The second-order valence-electron chi connectivity index (χ2n) is 9.56. The van der Waals surface area contributed by atoms with E-state index in [1.165, 1.54) is 103 Å². The standard InChI is InChI=1S/C28H56N2O2/c1-3-5-7-9-11-13-15-17-21-25-29-27(31)23-19-20-24-28(32)30-26-22-18-16-14-12-10-8-6-4-2/h3-26H2,1-2H3,(H,29,31)(H,30,32). The summed E-state index contributed by atoms with van der Waals surface area (Å²) in [6.07, 6.45) is 26.1. The maximum absolute atomic E-state index is 11.9. The minimum Gasteiger partial charge on any atom is -0.356 e. The van der Waals surface area contributed by atoms with Crippen LogP contribution in [0.5, 0.6) is 0 Å². The first kappa shape index (κ1) is 30.9. The summed E-state index contributed by atoms with van der Waals surface area (Å²) in [6.45, 7) is 6.11. The van der Waals surface area contributed by atoms with E-state index in [9.17, 15) is 9.59 Å². The van der Waals surface area contributed by atoms with Crippen LogP contribution in [0.1, 0.15) is 155 Å². The first-order chi connectivity index (χ1) is 15.7. The van der Waals surface area contributed by atoms with Gasteiger partial charge in [0.05, 0.1) is 0 Å². The molecule has 0 heterocycles. The SMILES string of the molecule is CCCCCCCCCCCNC(=O)CCCCC(=O)NCCCCCCCCCCC. The highest BCUT2D eigenvalue weighted by Gasteiger charge is 2.04. The van der Waals surface area contributed by atoms with Crippen LogP contribution in [-0.2, 0) is 9.59 Å². The van der Waals surface area contributed by atoms with E-state index in [1.54, 1.807) is 0 Å². The molecule has 0 aromatic rings. The van der Waals surface area contributed by atoms with Crippen LogP contribution in [0.4, 0.5) is 0 Å². The zero-order valence-electron chi connectivity index (χ0n) is 21.8. The average Bonchev–Trinajstić information content (AvgIpc) is 2.79. The Kier molecular flexibility index (Phi) is 25.3. The lowest BCUT2D eigenvalue weighted by molar-refractivity contribution is -0.123. The Balaban J connectivity index is 3.29. The molecule has 0 aromatic heterocycles. The van der Waals surface area contributed by atoms with Crippen molar-refractivity contribution in [2.45, 2.75) is 155 Å². The van der Waals surface area contributed by atoms with Gasteiger partial charge < -0.3 is 10.6 Å². The van der Waals surface area contributed by atoms with Gasteiger partial charge in [-0.25, -0.2) is 0 Å². The van der Waals surface area contributed by atoms with Crippen LogP contribution in [-0.4, -0.2) is 24.9 Å². The van der Waals surface area contributed by atoms with E-state index in [0.717, 1.165) is 38.8 Å². The summed E-state index contributed by atoms with van der Waals surface area (Å²) in [5, 5.41) is 6.05. The van der Waals surface area contributed by atoms with Crippen molar-refractivity contribution in [3.8, 4) is 0 Å². The van der Waals surface area contributed by atoms with Crippen molar-refractivity contribution in [3.63, 3.8) is 0 Å². The van der Waals surface area contributed by atoms with Crippen LogP contribution in [0.25, 0.3) is 0 Å². The van der Waals surface area contributed by atoms with Gasteiger partial charge in [0, 0.05) is 25.9 Å². The van der Waals surface area contributed by atoms with Gasteiger partial charge in [0.1, 0.15) is 0 Å². The number of carbonyl (C=O) groups is 2. The molecule has 190 valence electrons. The normalized spacial score (nSPS) is 10.9. The molecule has 0 bridgehead atoms. The van der Waals surface area contributed by atoms with Crippen LogP contribution in [0, 0.1) is 0 Å². The zero-order chi connectivity index (χ0) is 23.5. The summed E-state index contributed by atoms with van der Waals surface area (Å²) in [5.74, 6) is 0.277. The highest BCUT2D eigenvalue weighted by Crippen LogP contribution is 2.10. The molecule has 0 aliphatic carbocycles. The number of amides is 2. The monoisotopic (exact) mass is 452 g/mol. The predicted octanol–water partition coefficient (Wildman–Crippen LogP) is 7.84. The van der Waals surface area contributed by atoms with E-state index >= 15 is 0 Å². The Bertz CT molecular complexity index is 374. The van der Waals surface area contributed by atoms with E-state index in [2.05, 4.69) is 24.5 Å². The largest absolute Gasteiger partial charge is 0.356 e. The molecule has 0 aliphatic heterocycles. The molecule has 0 unspecified atom stereocenters. The van der Waals surface area contributed by atoms with Crippen molar-refractivity contribution in [2.75, 3.05) is 13.1 Å². The van der Waals surface area contributed by atoms with Crippen LogP contribution in [0.3, 0.4) is 0 Å². The lowest BCUT2D eigenvalue weighted by Crippen LogP contribution is -2.25. The number of carbonyl (C=O) groups excluding carboxylic acids is 2. The molecule has 32 heavy (non-hydrogen) atoms. The first-order valence-corrected chi connectivity index (χ1v) is 14.2. The second kappa shape index (κ2) is 26.2.